The summed E-state index contributed by atoms with van der Waals surface area (Å²) < 4.78 is 0. The van der Waals surface area contributed by atoms with E-state index < -0.39 is 11.6 Å². The van der Waals surface area contributed by atoms with Gasteiger partial charge in [0.15, 0.2) is 0 Å². The van der Waals surface area contributed by atoms with E-state index in [2.05, 4.69) is 15.1 Å². The van der Waals surface area contributed by atoms with Gasteiger partial charge in [-0.3, -0.25) is 0 Å². The Morgan fingerprint density at radius 1 is 1.86 bits per heavy atom. The lowest BCUT2D eigenvalue weighted by Gasteiger charge is -2.16. The predicted octanol–water partition coefficient (Wildman–Crippen LogP) is 1.48. The normalized spacial score (nSPS) is 26.1. The van der Waals surface area contributed by atoms with E-state index in [4.69, 9.17) is 4.84 Å². The molecule has 14 heavy (non-hydrogen) atoms. The van der Waals surface area contributed by atoms with Crippen LogP contribution in [0.15, 0.2) is 10.3 Å². The van der Waals surface area contributed by atoms with Crippen molar-refractivity contribution in [3.05, 3.63) is 0 Å². The standard InChI is InChI=1S/C9H14N2O3/c1-4-5-10-13-8(12)9(3)6-7(2)11-14-9/h5H,4,6H2,1-3H3/b10-5+. The summed E-state index contributed by atoms with van der Waals surface area (Å²) in [5.41, 5.74) is -0.223. The molecule has 0 spiro atoms. The van der Waals surface area contributed by atoms with Crippen molar-refractivity contribution in [3.63, 3.8) is 0 Å². The minimum atomic E-state index is -1.00. The van der Waals surface area contributed by atoms with Crippen LogP contribution >= 0.6 is 0 Å². The molecule has 1 unspecified atom stereocenters. The molecule has 0 aliphatic carbocycles. The van der Waals surface area contributed by atoms with Crippen LogP contribution in [0.4, 0.5) is 0 Å². The van der Waals surface area contributed by atoms with Gasteiger partial charge in [0.1, 0.15) is 0 Å². The van der Waals surface area contributed by atoms with Crippen LogP contribution in [0.3, 0.4) is 0 Å². The lowest BCUT2D eigenvalue weighted by molar-refractivity contribution is -0.167. The van der Waals surface area contributed by atoms with Gasteiger partial charge in [0.2, 0.25) is 5.60 Å². The Labute approximate surface area is 82.7 Å². The van der Waals surface area contributed by atoms with E-state index in [-0.39, 0.29) is 0 Å². The maximum atomic E-state index is 11.5. The first-order chi connectivity index (χ1) is 6.58. The molecule has 1 heterocycles. The molecule has 0 radical (unpaired) electrons. The minimum Gasteiger partial charge on any atom is -0.377 e. The first kappa shape index (κ1) is 10.7. The van der Waals surface area contributed by atoms with Crippen molar-refractivity contribution in [1.29, 1.82) is 0 Å². The van der Waals surface area contributed by atoms with E-state index in [0.29, 0.717) is 6.42 Å². The third-order valence-corrected chi connectivity index (χ3v) is 1.82. The average Bonchev–Trinajstić information content (AvgIpc) is 2.48. The molecule has 5 heteroatoms. The maximum absolute atomic E-state index is 11.5. The maximum Gasteiger partial charge on any atom is 0.381 e. The summed E-state index contributed by atoms with van der Waals surface area (Å²) in [6, 6.07) is 0. The van der Waals surface area contributed by atoms with E-state index >= 15 is 0 Å². The fourth-order valence-electron chi connectivity index (χ4n) is 1.10. The van der Waals surface area contributed by atoms with Gasteiger partial charge < -0.3 is 9.68 Å². The molecule has 1 atom stereocenters. The van der Waals surface area contributed by atoms with Crippen molar-refractivity contribution in [1.82, 2.24) is 0 Å². The van der Waals surface area contributed by atoms with Crippen LogP contribution in [-0.2, 0) is 14.5 Å². The summed E-state index contributed by atoms with van der Waals surface area (Å²) in [4.78, 5) is 21.1. The summed E-state index contributed by atoms with van der Waals surface area (Å²) >= 11 is 0. The molecular weight excluding hydrogens is 184 g/mol. The molecule has 0 aromatic carbocycles. The zero-order valence-corrected chi connectivity index (χ0v) is 8.61. The van der Waals surface area contributed by atoms with Gasteiger partial charge in [-0.2, -0.15) is 0 Å². The second-order valence-corrected chi connectivity index (χ2v) is 3.40. The average molecular weight is 198 g/mol. The van der Waals surface area contributed by atoms with E-state index in [1.54, 1.807) is 13.8 Å². The van der Waals surface area contributed by atoms with Crippen LogP contribution in [0.5, 0.6) is 0 Å². The largest absolute Gasteiger partial charge is 0.381 e. The van der Waals surface area contributed by atoms with Gasteiger partial charge in [-0.25, -0.2) is 4.79 Å². The van der Waals surface area contributed by atoms with Crippen LogP contribution in [0, 0.1) is 0 Å². The smallest absolute Gasteiger partial charge is 0.377 e. The number of nitrogens with zero attached hydrogens (tertiary/aromatic N) is 2. The molecule has 78 valence electrons. The Bertz CT molecular complexity index is 286. The lowest BCUT2D eigenvalue weighted by atomic mass is 10.0. The Balaban J connectivity index is 2.49. The number of rotatable bonds is 3. The van der Waals surface area contributed by atoms with E-state index in [9.17, 15) is 4.79 Å². The monoisotopic (exact) mass is 198 g/mol. The molecule has 0 fully saturated rings. The van der Waals surface area contributed by atoms with Crippen molar-refractivity contribution < 1.29 is 14.5 Å². The molecule has 0 aromatic heterocycles. The molecule has 0 N–H and O–H groups in total. The molecule has 1 aliphatic rings. The summed E-state index contributed by atoms with van der Waals surface area (Å²) in [6.45, 7) is 5.34. The molecule has 0 aromatic rings. The SMILES string of the molecule is CC/C=N/OC(=O)C1(C)CC(C)=NO1. The Kier molecular flexibility index (Phi) is 3.22. The highest BCUT2D eigenvalue weighted by atomic mass is 16.7. The molecule has 0 bridgehead atoms. The molecular formula is C9H14N2O3. The van der Waals surface area contributed by atoms with Gasteiger partial charge in [0.25, 0.3) is 0 Å². The quantitative estimate of drug-likeness (QED) is 0.392. The second kappa shape index (κ2) is 4.21. The first-order valence-electron chi connectivity index (χ1n) is 4.53. The van der Waals surface area contributed by atoms with E-state index in [1.165, 1.54) is 6.21 Å². The Morgan fingerprint density at radius 2 is 2.57 bits per heavy atom. The predicted molar refractivity (Wildman–Crippen MR) is 52.1 cm³/mol. The van der Waals surface area contributed by atoms with E-state index in [0.717, 1.165) is 12.1 Å². The summed E-state index contributed by atoms with van der Waals surface area (Å²) in [5.74, 6) is -0.511. The van der Waals surface area contributed by atoms with Crippen molar-refractivity contribution in [3.8, 4) is 0 Å². The van der Waals surface area contributed by atoms with Gasteiger partial charge in [0.05, 0.1) is 5.71 Å². The summed E-state index contributed by atoms with van der Waals surface area (Å²) in [6.07, 6.45) is 2.69. The Hall–Kier alpha value is -1.39. The van der Waals surface area contributed by atoms with Gasteiger partial charge in [-0.05, 0) is 20.3 Å². The molecule has 0 saturated carbocycles. The molecule has 5 nitrogen and oxygen atoms in total. The van der Waals surface area contributed by atoms with Crippen LogP contribution in [0.25, 0.3) is 0 Å². The summed E-state index contributed by atoms with van der Waals surface area (Å²) in [5, 5.41) is 7.20. The number of carbonyl (C=O) groups excluding carboxylic acids is 1. The topological polar surface area (TPSA) is 60.2 Å². The molecule has 0 amide bonds. The molecule has 0 saturated heterocycles. The van der Waals surface area contributed by atoms with Crippen LogP contribution in [0.2, 0.25) is 0 Å². The molecule has 1 aliphatic heterocycles. The van der Waals surface area contributed by atoms with Crippen molar-refractivity contribution >= 4 is 17.9 Å². The van der Waals surface area contributed by atoms with Gasteiger partial charge in [0, 0.05) is 12.6 Å². The highest BCUT2D eigenvalue weighted by molar-refractivity contribution is 5.92. The molecule has 1 rings (SSSR count). The fourth-order valence-corrected chi connectivity index (χ4v) is 1.10. The second-order valence-electron chi connectivity index (χ2n) is 3.40. The number of carbonyl (C=O) groups is 1. The number of hydrogen-bond donors (Lipinski definition) is 0. The van der Waals surface area contributed by atoms with Crippen molar-refractivity contribution in [2.45, 2.75) is 39.2 Å². The van der Waals surface area contributed by atoms with Crippen LogP contribution in [-0.4, -0.2) is 23.5 Å². The summed E-state index contributed by atoms with van der Waals surface area (Å²) in [7, 11) is 0. The lowest BCUT2D eigenvalue weighted by Crippen LogP contribution is -2.36. The van der Waals surface area contributed by atoms with Crippen molar-refractivity contribution in [2.24, 2.45) is 10.3 Å². The van der Waals surface area contributed by atoms with Gasteiger partial charge in [-0.1, -0.05) is 17.2 Å². The van der Waals surface area contributed by atoms with Gasteiger partial charge in [-0.15, -0.1) is 0 Å². The number of oxime groups is 2. The highest BCUT2D eigenvalue weighted by Crippen LogP contribution is 2.24. The minimum absolute atomic E-state index is 0.452. The third kappa shape index (κ3) is 2.31. The van der Waals surface area contributed by atoms with Crippen molar-refractivity contribution in [2.75, 3.05) is 0 Å². The van der Waals surface area contributed by atoms with Crippen LogP contribution < -0.4 is 0 Å². The first-order valence-corrected chi connectivity index (χ1v) is 4.53. The van der Waals surface area contributed by atoms with E-state index in [1.807, 2.05) is 6.92 Å². The Morgan fingerprint density at radius 3 is 3.07 bits per heavy atom. The third-order valence-electron chi connectivity index (χ3n) is 1.82. The zero-order valence-electron chi connectivity index (χ0n) is 8.61. The van der Waals surface area contributed by atoms with Gasteiger partial charge >= 0.3 is 5.97 Å². The number of hydrogen-bond acceptors (Lipinski definition) is 5. The fraction of sp³-hybridized carbons (Fsp3) is 0.667. The highest BCUT2D eigenvalue weighted by Gasteiger charge is 2.42. The zero-order chi connectivity index (χ0) is 10.6. The van der Waals surface area contributed by atoms with Crippen LogP contribution in [0.1, 0.15) is 33.6 Å².